The van der Waals surface area contributed by atoms with Crippen LogP contribution in [0.3, 0.4) is 0 Å². The molecule has 0 aliphatic carbocycles. The number of sulfonamides is 1. The standard InChI is InChI=1S/C22H27N5O3S2/c1-4-19-20(32(23,29)30)31-22(25-19)27(15-14-26(2)3)21(28)24-18-12-10-17(11-13-18)16-8-6-5-7-9-16/h5-13H,4,14-15H2,1-3H3,(H,24,28)(H2,23,29,30). The summed E-state index contributed by atoms with van der Waals surface area (Å²) < 4.78 is 23.9. The average molecular weight is 474 g/mol. The molecule has 2 amide bonds. The molecule has 3 rings (SSSR count). The number of primary sulfonamides is 1. The van der Waals surface area contributed by atoms with Gasteiger partial charge in [0.25, 0.3) is 0 Å². The van der Waals surface area contributed by atoms with E-state index < -0.39 is 16.1 Å². The second kappa shape index (κ2) is 10.2. The van der Waals surface area contributed by atoms with Crippen molar-refractivity contribution in [3.63, 3.8) is 0 Å². The summed E-state index contributed by atoms with van der Waals surface area (Å²) in [6.07, 6.45) is 0.395. The molecule has 3 N–H and O–H groups in total. The highest BCUT2D eigenvalue weighted by Gasteiger charge is 2.25. The smallest absolute Gasteiger partial charge is 0.308 e. The Balaban J connectivity index is 1.84. The number of carbonyl (C=O) groups excluding carboxylic acids is 1. The number of urea groups is 1. The second-order valence-electron chi connectivity index (χ2n) is 7.46. The van der Waals surface area contributed by atoms with E-state index in [0.29, 0.717) is 36.0 Å². The summed E-state index contributed by atoms with van der Waals surface area (Å²) >= 11 is 0.912. The number of nitrogens with one attached hydrogen (secondary N) is 1. The highest BCUT2D eigenvalue weighted by molar-refractivity contribution is 7.91. The Morgan fingerprint density at radius 3 is 2.19 bits per heavy atom. The molecule has 0 saturated carbocycles. The van der Waals surface area contributed by atoms with Gasteiger partial charge in [-0.1, -0.05) is 60.7 Å². The van der Waals surface area contributed by atoms with Crippen molar-refractivity contribution in [3.05, 3.63) is 60.3 Å². The Morgan fingerprint density at radius 1 is 1.03 bits per heavy atom. The maximum Gasteiger partial charge on any atom is 0.328 e. The zero-order valence-corrected chi connectivity index (χ0v) is 19.9. The zero-order chi connectivity index (χ0) is 23.3. The van der Waals surface area contributed by atoms with Gasteiger partial charge in [0, 0.05) is 18.8 Å². The number of nitrogens with zero attached hydrogens (tertiary/aromatic N) is 3. The Kier molecular flexibility index (Phi) is 7.62. The molecule has 2 aromatic carbocycles. The van der Waals surface area contributed by atoms with Crippen molar-refractivity contribution in [2.45, 2.75) is 17.6 Å². The molecule has 0 aliphatic heterocycles. The molecule has 0 radical (unpaired) electrons. The SMILES string of the molecule is CCc1nc(N(CCN(C)C)C(=O)Nc2ccc(-c3ccccc3)cc2)sc1S(N)(=O)=O. The van der Waals surface area contributed by atoms with Crippen molar-refractivity contribution in [2.75, 3.05) is 37.4 Å². The monoisotopic (exact) mass is 473 g/mol. The minimum Gasteiger partial charge on any atom is -0.308 e. The summed E-state index contributed by atoms with van der Waals surface area (Å²) in [6, 6.07) is 17.1. The van der Waals surface area contributed by atoms with Crippen LogP contribution in [0.1, 0.15) is 12.6 Å². The molecule has 0 saturated heterocycles. The topological polar surface area (TPSA) is 109 Å². The van der Waals surface area contributed by atoms with Crippen LogP contribution in [0, 0.1) is 0 Å². The first-order chi connectivity index (χ1) is 15.2. The Labute approximate surface area is 192 Å². The summed E-state index contributed by atoms with van der Waals surface area (Å²) in [4.78, 5) is 20.9. The largest absolute Gasteiger partial charge is 0.328 e. The predicted molar refractivity (Wildman–Crippen MR) is 130 cm³/mol. The summed E-state index contributed by atoms with van der Waals surface area (Å²) in [6.45, 7) is 2.71. The summed E-state index contributed by atoms with van der Waals surface area (Å²) in [5, 5.41) is 8.53. The molecule has 1 aromatic heterocycles. The molecule has 1 heterocycles. The number of aryl methyl sites for hydroxylation is 1. The van der Waals surface area contributed by atoms with Crippen LogP contribution in [-0.2, 0) is 16.4 Å². The fourth-order valence-electron chi connectivity index (χ4n) is 3.04. The number of likely N-dealkylation sites (N-methyl/N-ethyl adjacent to an activating group) is 1. The van der Waals surface area contributed by atoms with Crippen molar-refractivity contribution in [3.8, 4) is 11.1 Å². The van der Waals surface area contributed by atoms with Gasteiger partial charge in [0.05, 0.1) is 5.69 Å². The highest BCUT2D eigenvalue weighted by atomic mass is 32.2. The maximum absolute atomic E-state index is 13.1. The zero-order valence-electron chi connectivity index (χ0n) is 18.3. The van der Waals surface area contributed by atoms with Gasteiger partial charge in [0.2, 0.25) is 10.0 Å². The number of hydrogen-bond acceptors (Lipinski definition) is 6. The quantitative estimate of drug-likeness (QED) is 0.519. The van der Waals surface area contributed by atoms with Crippen molar-refractivity contribution in [1.82, 2.24) is 9.88 Å². The van der Waals surface area contributed by atoms with Crippen LogP contribution in [0.25, 0.3) is 11.1 Å². The average Bonchev–Trinajstić information content (AvgIpc) is 3.19. The molecule has 10 heteroatoms. The minimum atomic E-state index is -3.92. The van der Waals surface area contributed by atoms with Gasteiger partial charge in [-0.05, 0) is 43.8 Å². The van der Waals surface area contributed by atoms with Gasteiger partial charge in [-0.15, -0.1) is 0 Å². The minimum absolute atomic E-state index is 0.00938. The van der Waals surface area contributed by atoms with Gasteiger partial charge in [-0.25, -0.2) is 23.3 Å². The third-order valence-corrected chi connectivity index (χ3v) is 7.35. The molecule has 3 aromatic rings. The third kappa shape index (κ3) is 5.92. The van der Waals surface area contributed by atoms with Crippen LogP contribution in [0.4, 0.5) is 15.6 Å². The molecule has 0 unspecified atom stereocenters. The Bertz CT molecular complexity index is 1160. The number of amides is 2. The lowest BCUT2D eigenvalue weighted by Gasteiger charge is -2.22. The highest BCUT2D eigenvalue weighted by Crippen LogP contribution is 2.30. The van der Waals surface area contributed by atoms with Crippen LogP contribution in [0.15, 0.2) is 58.8 Å². The number of nitrogens with two attached hydrogens (primary N) is 1. The Morgan fingerprint density at radius 2 is 1.66 bits per heavy atom. The molecular formula is C22H27N5O3S2. The number of benzene rings is 2. The molecule has 0 bridgehead atoms. The Hall–Kier alpha value is -2.79. The van der Waals surface area contributed by atoms with Crippen LogP contribution in [-0.4, -0.2) is 51.5 Å². The first-order valence-corrected chi connectivity index (χ1v) is 12.5. The van der Waals surface area contributed by atoms with E-state index in [9.17, 15) is 13.2 Å². The lowest BCUT2D eigenvalue weighted by molar-refractivity contribution is 0.256. The van der Waals surface area contributed by atoms with Crippen LogP contribution < -0.4 is 15.4 Å². The molecule has 0 fully saturated rings. The molecule has 0 atom stereocenters. The van der Waals surface area contributed by atoms with Crippen molar-refractivity contribution in [1.29, 1.82) is 0 Å². The van der Waals surface area contributed by atoms with E-state index in [0.717, 1.165) is 22.5 Å². The van der Waals surface area contributed by atoms with E-state index in [1.807, 2.05) is 73.6 Å². The second-order valence-corrected chi connectivity index (χ2v) is 10.2. The van der Waals surface area contributed by atoms with Gasteiger partial charge in [0.1, 0.15) is 0 Å². The van der Waals surface area contributed by atoms with E-state index in [1.165, 1.54) is 4.90 Å². The number of anilines is 2. The van der Waals surface area contributed by atoms with Crippen LogP contribution >= 0.6 is 11.3 Å². The van der Waals surface area contributed by atoms with Gasteiger partial charge < -0.3 is 10.2 Å². The predicted octanol–water partition coefficient (Wildman–Crippen LogP) is 3.62. The number of rotatable bonds is 8. The number of thiazole rings is 1. The van der Waals surface area contributed by atoms with Crippen molar-refractivity contribution < 1.29 is 13.2 Å². The molecule has 32 heavy (non-hydrogen) atoms. The summed E-state index contributed by atoms with van der Waals surface area (Å²) in [5.74, 6) is 0. The van der Waals surface area contributed by atoms with E-state index >= 15 is 0 Å². The molecular weight excluding hydrogens is 446 g/mol. The van der Waals surface area contributed by atoms with E-state index in [-0.39, 0.29) is 4.21 Å². The van der Waals surface area contributed by atoms with Crippen molar-refractivity contribution in [2.24, 2.45) is 5.14 Å². The van der Waals surface area contributed by atoms with Crippen molar-refractivity contribution >= 4 is 38.2 Å². The van der Waals surface area contributed by atoms with E-state index in [1.54, 1.807) is 6.92 Å². The lowest BCUT2D eigenvalue weighted by Crippen LogP contribution is -2.39. The normalized spacial score (nSPS) is 11.5. The van der Waals surface area contributed by atoms with Gasteiger partial charge in [0.15, 0.2) is 9.34 Å². The number of aromatic nitrogens is 1. The number of hydrogen-bond donors (Lipinski definition) is 2. The van der Waals surface area contributed by atoms with E-state index in [4.69, 9.17) is 5.14 Å². The fraction of sp³-hybridized carbons (Fsp3) is 0.273. The molecule has 0 spiro atoms. The van der Waals surface area contributed by atoms with Gasteiger partial charge in [-0.3, -0.25) is 4.90 Å². The first-order valence-electron chi connectivity index (χ1n) is 10.1. The molecule has 170 valence electrons. The lowest BCUT2D eigenvalue weighted by atomic mass is 10.1. The fourth-order valence-corrected chi connectivity index (χ4v) is 5.16. The van der Waals surface area contributed by atoms with E-state index in [2.05, 4.69) is 10.3 Å². The summed E-state index contributed by atoms with van der Waals surface area (Å²) in [7, 11) is -0.125. The molecule has 0 aliphatic rings. The van der Waals surface area contributed by atoms with Crippen LogP contribution in [0.2, 0.25) is 0 Å². The molecule has 8 nitrogen and oxygen atoms in total. The summed E-state index contributed by atoms with van der Waals surface area (Å²) in [5.41, 5.74) is 3.12. The first kappa shape index (κ1) is 23.9. The third-order valence-electron chi connectivity index (χ3n) is 4.73. The van der Waals surface area contributed by atoms with Crippen LogP contribution in [0.5, 0.6) is 0 Å². The number of carbonyl (C=O) groups is 1. The maximum atomic E-state index is 13.1. The van der Waals surface area contributed by atoms with Gasteiger partial charge in [-0.2, -0.15) is 0 Å². The van der Waals surface area contributed by atoms with Gasteiger partial charge >= 0.3 is 6.03 Å².